The van der Waals surface area contributed by atoms with E-state index in [0.29, 0.717) is 37.9 Å². The molecule has 17 heavy (non-hydrogen) atoms. The van der Waals surface area contributed by atoms with Gasteiger partial charge >= 0.3 is 0 Å². The topological polar surface area (TPSA) is 30.5 Å². The lowest BCUT2D eigenvalue weighted by molar-refractivity contribution is 0.0719. The fourth-order valence-electron chi connectivity index (χ4n) is 1.33. The molecule has 0 aromatic heterocycles. The molecular weight excluding hydrogens is 245 g/mol. The lowest BCUT2D eigenvalue weighted by Crippen LogP contribution is -2.20. The van der Waals surface area contributed by atoms with E-state index in [1.165, 1.54) is 12.1 Å². The molecule has 5 heteroatoms. The van der Waals surface area contributed by atoms with Gasteiger partial charge in [0.2, 0.25) is 0 Å². The second-order valence-electron chi connectivity index (χ2n) is 3.56. The highest BCUT2D eigenvalue weighted by atomic mass is 35.5. The van der Waals surface area contributed by atoms with Crippen LogP contribution in [0.25, 0.3) is 0 Å². The SMILES string of the molecule is COCCOCCNCc1cc(F)cc(Cl)c1. The molecule has 0 amide bonds. The minimum Gasteiger partial charge on any atom is -0.382 e. The van der Waals surface area contributed by atoms with Crippen molar-refractivity contribution in [3.05, 3.63) is 34.6 Å². The van der Waals surface area contributed by atoms with Crippen LogP contribution in [0.4, 0.5) is 4.39 Å². The molecule has 96 valence electrons. The Hall–Kier alpha value is -0.680. The average Bonchev–Trinajstić information content (AvgIpc) is 2.26. The molecule has 0 spiro atoms. The lowest BCUT2D eigenvalue weighted by atomic mass is 10.2. The van der Waals surface area contributed by atoms with Gasteiger partial charge in [0.05, 0.1) is 19.8 Å². The van der Waals surface area contributed by atoms with Crippen molar-refractivity contribution in [3.8, 4) is 0 Å². The molecule has 0 saturated heterocycles. The van der Waals surface area contributed by atoms with Gasteiger partial charge in [0, 0.05) is 25.2 Å². The van der Waals surface area contributed by atoms with Gasteiger partial charge in [-0.1, -0.05) is 11.6 Å². The Balaban J connectivity index is 2.13. The van der Waals surface area contributed by atoms with Crippen LogP contribution in [0, 0.1) is 5.82 Å². The third-order valence-electron chi connectivity index (χ3n) is 2.11. The first-order valence-electron chi connectivity index (χ1n) is 5.44. The van der Waals surface area contributed by atoms with E-state index in [2.05, 4.69) is 5.32 Å². The molecule has 0 bridgehead atoms. The Morgan fingerprint density at radius 2 is 2.06 bits per heavy atom. The third-order valence-corrected chi connectivity index (χ3v) is 2.32. The Labute approximate surface area is 106 Å². The van der Waals surface area contributed by atoms with Crippen molar-refractivity contribution in [2.24, 2.45) is 0 Å². The van der Waals surface area contributed by atoms with Crippen LogP contribution in [-0.4, -0.2) is 33.5 Å². The van der Waals surface area contributed by atoms with Crippen molar-refractivity contribution in [2.45, 2.75) is 6.54 Å². The molecule has 0 aliphatic rings. The predicted octanol–water partition coefficient (Wildman–Crippen LogP) is 2.23. The van der Waals surface area contributed by atoms with Crippen LogP contribution < -0.4 is 5.32 Å². The molecule has 0 atom stereocenters. The number of hydrogen-bond donors (Lipinski definition) is 1. The molecule has 0 radical (unpaired) electrons. The summed E-state index contributed by atoms with van der Waals surface area (Å²) in [6.07, 6.45) is 0. The number of nitrogens with one attached hydrogen (secondary N) is 1. The van der Waals surface area contributed by atoms with Gasteiger partial charge in [-0.2, -0.15) is 0 Å². The van der Waals surface area contributed by atoms with Gasteiger partial charge in [0.1, 0.15) is 5.82 Å². The summed E-state index contributed by atoms with van der Waals surface area (Å²) in [6, 6.07) is 4.49. The first-order valence-corrected chi connectivity index (χ1v) is 5.82. The number of halogens is 2. The average molecular weight is 262 g/mol. The molecule has 0 fully saturated rings. The van der Waals surface area contributed by atoms with Crippen molar-refractivity contribution in [1.82, 2.24) is 5.32 Å². The molecule has 0 unspecified atom stereocenters. The molecule has 1 N–H and O–H groups in total. The Morgan fingerprint density at radius 1 is 1.24 bits per heavy atom. The normalized spacial score (nSPS) is 10.8. The number of methoxy groups -OCH3 is 1. The van der Waals surface area contributed by atoms with Crippen molar-refractivity contribution in [3.63, 3.8) is 0 Å². The van der Waals surface area contributed by atoms with Crippen molar-refractivity contribution >= 4 is 11.6 Å². The summed E-state index contributed by atoms with van der Waals surface area (Å²) in [5.74, 6) is -0.314. The van der Waals surface area contributed by atoms with E-state index in [0.717, 1.165) is 5.56 Å². The van der Waals surface area contributed by atoms with Crippen molar-refractivity contribution < 1.29 is 13.9 Å². The number of ether oxygens (including phenoxy) is 2. The summed E-state index contributed by atoms with van der Waals surface area (Å²) >= 11 is 5.74. The molecule has 1 aromatic carbocycles. The van der Waals surface area contributed by atoms with Crippen LogP contribution in [0.15, 0.2) is 18.2 Å². The van der Waals surface area contributed by atoms with Crippen LogP contribution in [0.3, 0.4) is 0 Å². The van der Waals surface area contributed by atoms with Crippen molar-refractivity contribution in [2.75, 3.05) is 33.5 Å². The Kier molecular flexibility index (Phi) is 7.12. The van der Waals surface area contributed by atoms with E-state index in [1.807, 2.05) is 0 Å². The number of hydrogen-bond acceptors (Lipinski definition) is 3. The second-order valence-corrected chi connectivity index (χ2v) is 4.00. The first-order chi connectivity index (χ1) is 8.22. The van der Waals surface area contributed by atoms with E-state index in [9.17, 15) is 4.39 Å². The highest BCUT2D eigenvalue weighted by molar-refractivity contribution is 6.30. The number of rotatable bonds is 8. The first kappa shape index (κ1) is 14.4. The van der Waals surface area contributed by atoms with Gasteiger partial charge in [0.25, 0.3) is 0 Å². The highest BCUT2D eigenvalue weighted by Crippen LogP contribution is 2.13. The van der Waals surface area contributed by atoms with Gasteiger partial charge in [0.15, 0.2) is 0 Å². The molecule has 1 aromatic rings. The zero-order valence-corrected chi connectivity index (χ0v) is 10.6. The minimum absolute atomic E-state index is 0.314. The van der Waals surface area contributed by atoms with Gasteiger partial charge in [-0.05, 0) is 23.8 Å². The van der Waals surface area contributed by atoms with Crippen molar-refractivity contribution in [1.29, 1.82) is 0 Å². The number of benzene rings is 1. The Bertz CT molecular complexity index is 316. The second kappa shape index (κ2) is 8.42. The van der Waals surface area contributed by atoms with E-state index in [4.69, 9.17) is 21.1 Å². The largest absolute Gasteiger partial charge is 0.382 e. The fourth-order valence-corrected chi connectivity index (χ4v) is 1.58. The molecule has 0 aliphatic heterocycles. The maximum atomic E-state index is 13.0. The fraction of sp³-hybridized carbons (Fsp3) is 0.500. The van der Waals surface area contributed by atoms with Crippen LogP contribution >= 0.6 is 11.6 Å². The summed E-state index contributed by atoms with van der Waals surface area (Å²) in [7, 11) is 1.63. The molecule has 0 aliphatic carbocycles. The minimum atomic E-state index is -0.314. The summed E-state index contributed by atoms with van der Waals surface area (Å²) < 4.78 is 23.1. The smallest absolute Gasteiger partial charge is 0.125 e. The molecule has 3 nitrogen and oxygen atoms in total. The summed E-state index contributed by atoms with van der Waals surface area (Å²) in [4.78, 5) is 0. The van der Waals surface area contributed by atoms with Gasteiger partial charge in [-0.25, -0.2) is 4.39 Å². The van der Waals surface area contributed by atoms with Crippen LogP contribution in [-0.2, 0) is 16.0 Å². The van der Waals surface area contributed by atoms with E-state index >= 15 is 0 Å². The molecule has 0 saturated carbocycles. The lowest BCUT2D eigenvalue weighted by Gasteiger charge is -2.06. The maximum Gasteiger partial charge on any atom is 0.125 e. The molecule has 1 rings (SSSR count). The van der Waals surface area contributed by atoms with Crippen LogP contribution in [0.2, 0.25) is 5.02 Å². The highest BCUT2D eigenvalue weighted by Gasteiger charge is 1.98. The van der Waals surface area contributed by atoms with Crippen LogP contribution in [0.1, 0.15) is 5.56 Å². The van der Waals surface area contributed by atoms with Gasteiger partial charge < -0.3 is 14.8 Å². The predicted molar refractivity (Wildman–Crippen MR) is 65.8 cm³/mol. The Morgan fingerprint density at radius 3 is 2.76 bits per heavy atom. The summed E-state index contributed by atoms with van der Waals surface area (Å²) in [6.45, 7) is 3.07. The molecular formula is C12H17ClFNO2. The van der Waals surface area contributed by atoms with E-state index in [1.54, 1.807) is 13.2 Å². The quantitative estimate of drug-likeness (QED) is 0.728. The zero-order valence-electron chi connectivity index (χ0n) is 9.84. The van der Waals surface area contributed by atoms with Crippen LogP contribution in [0.5, 0.6) is 0 Å². The van der Waals surface area contributed by atoms with E-state index in [-0.39, 0.29) is 5.82 Å². The standard InChI is InChI=1S/C12H17ClFNO2/c1-16-4-5-17-3-2-15-9-10-6-11(13)8-12(14)7-10/h6-8,15H,2-5,9H2,1H3. The zero-order chi connectivity index (χ0) is 12.5. The van der Waals surface area contributed by atoms with Gasteiger partial charge in [-0.3, -0.25) is 0 Å². The summed E-state index contributed by atoms with van der Waals surface area (Å²) in [5.41, 5.74) is 0.826. The summed E-state index contributed by atoms with van der Waals surface area (Å²) in [5, 5.41) is 3.56. The van der Waals surface area contributed by atoms with Gasteiger partial charge in [-0.15, -0.1) is 0 Å². The van der Waals surface area contributed by atoms with E-state index < -0.39 is 0 Å². The third kappa shape index (κ3) is 6.58. The maximum absolute atomic E-state index is 13.0. The molecule has 0 heterocycles. The monoisotopic (exact) mass is 261 g/mol.